The van der Waals surface area contributed by atoms with Crippen molar-refractivity contribution in [3.8, 4) is 0 Å². The maximum absolute atomic E-state index is 15.7. The molecule has 3 fully saturated rings. The van der Waals surface area contributed by atoms with Crippen molar-refractivity contribution in [2.45, 2.75) is 62.8 Å². The Labute approximate surface area is 210 Å². The van der Waals surface area contributed by atoms with Crippen LogP contribution in [0.15, 0.2) is 30.6 Å². The first-order chi connectivity index (χ1) is 16.7. The molecule has 0 spiro atoms. The van der Waals surface area contributed by atoms with Crippen LogP contribution in [-0.2, 0) is 23.7 Å². The molecule has 12 heteroatoms. The fourth-order valence-corrected chi connectivity index (χ4v) is 5.80. The van der Waals surface area contributed by atoms with E-state index in [0.29, 0.717) is 11.5 Å². The second-order valence-electron chi connectivity index (χ2n) is 9.82. The summed E-state index contributed by atoms with van der Waals surface area (Å²) in [5, 5.41) is 3.38. The summed E-state index contributed by atoms with van der Waals surface area (Å²) in [7, 11) is -0.974. The fraction of sp³-hybridized carbons (Fsp3) is 0.583. The first kappa shape index (κ1) is 26.7. The standard InChI is InChI=1S/C24H29F4N5OS.H2O/c1-35(34)32-12-8-17(9-13-32)23(10-11-23)31-21-20(25)22(30-15-29-21)33(19-6-7-19)14-16-2-4-18(5-3-16)24(26,27)28;/h2-5,15,17,19H,6-14H2,1H3,(H,29,30,31);1H2. The third kappa shape index (κ3) is 5.65. The number of aromatic nitrogens is 2. The molecule has 1 aromatic heterocycles. The van der Waals surface area contributed by atoms with Crippen molar-refractivity contribution >= 4 is 22.6 Å². The molecule has 1 aliphatic heterocycles. The van der Waals surface area contributed by atoms with Gasteiger partial charge in [-0.15, -0.1) is 0 Å². The van der Waals surface area contributed by atoms with Gasteiger partial charge in [-0.25, -0.2) is 18.5 Å². The maximum Gasteiger partial charge on any atom is 0.416 e. The lowest BCUT2D eigenvalue weighted by Crippen LogP contribution is -2.42. The molecule has 1 aromatic carbocycles. The zero-order chi connectivity index (χ0) is 24.8. The van der Waals surface area contributed by atoms with Gasteiger partial charge in [-0.3, -0.25) is 0 Å². The Bertz CT molecular complexity index is 1080. The smallest absolute Gasteiger partial charge is 0.412 e. The normalized spacial score (nSPS) is 20.9. The highest BCUT2D eigenvalue weighted by molar-refractivity contribution is 7.81. The van der Waals surface area contributed by atoms with Crippen LogP contribution in [0.5, 0.6) is 0 Å². The molecule has 2 aromatic rings. The quantitative estimate of drug-likeness (QED) is 0.523. The van der Waals surface area contributed by atoms with Crippen molar-refractivity contribution in [2.24, 2.45) is 5.92 Å². The number of halogens is 4. The lowest BCUT2D eigenvalue weighted by Gasteiger charge is -2.36. The van der Waals surface area contributed by atoms with Crippen LogP contribution in [0.25, 0.3) is 0 Å². The minimum atomic E-state index is -4.39. The molecule has 0 bridgehead atoms. The van der Waals surface area contributed by atoms with Gasteiger partial charge < -0.3 is 15.7 Å². The number of benzene rings is 1. The number of rotatable bonds is 8. The molecule has 198 valence electrons. The van der Waals surface area contributed by atoms with Gasteiger partial charge in [0, 0.05) is 37.5 Å². The number of hydrogen-bond donors (Lipinski definition) is 1. The summed E-state index contributed by atoms with van der Waals surface area (Å²) < 4.78 is 68.2. The second kappa shape index (κ2) is 10.2. The molecule has 0 amide bonds. The number of nitrogens with zero attached hydrogens (tertiary/aromatic N) is 4. The molecule has 1 atom stereocenters. The molecular weight excluding hydrogens is 498 g/mol. The third-order valence-electron chi connectivity index (χ3n) is 7.42. The zero-order valence-electron chi connectivity index (χ0n) is 20.0. The number of hydrogen-bond acceptors (Lipinski definition) is 5. The molecule has 2 heterocycles. The first-order valence-corrected chi connectivity index (χ1v) is 13.5. The van der Waals surface area contributed by atoms with Crippen molar-refractivity contribution in [3.63, 3.8) is 0 Å². The predicted octanol–water partition coefficient (Wildman–Crippen LogP) is 3.93. The molecular formula is C24H31F4N5O2S. The summed E-state index contributed by atoms with van der Waals surface area (Å²) in [4.78, 5) is 10.3. The Morgan fingerprint density at radius 1 is 1.11 bits per heavy atom. The monoisotopic (exact) mass is 529 g/mol. The highest BCUT2D eigenvalue weighted by atomic mass is 32.2. The average molecular weight is 530 g/mol. The molecule has 7 nitrogen and oxygen atoms in total. The van der Waals surface area contributed by atoms with Crippen LogP contribution in [0.2, 0.25) is 0 Å². The van der Waals surface area contributed by atoms with Crippen molar-refractivity contribution in [2.75, 3.05) is 29.6 Å². The molecule has 2 aliphatic carbocycles. The third-order valence-corrected chi connectivity index (χ3v) is 8.51. The van der Waals surface area contributed by atoms with Gasteiger partial charge in [-0.2, -0.15) is 17.6 Å². The highest BCUT2D eigenvalue weighted by Gasteiger charge is 2.51. The van der Waals surface area contributed by atoms with Crippen LogP contribution in [-0.4, -0.2) is 54.9 Å². The van der Waals surface area contributed by atoms with Gasteiger partial charge in [0.25, 0.3) is 0 Å². The van der Waals surface area contributed by atoms with E-state index < -0.39 is 28.5 Å². The largest absolute Gasteiger partial charge is 0.416 e. The van der Waals surface area contributed by atoms with Crippen LogP contribution in [0.4, 0.5) is 29.2 Å². The van der Waals surface area contributed by atoms with Gasteiger partial charge >= 0.3 is 6.18 Å². The summed E-state index contributed by atoms with van der Waals surface area (Å²) in [6.07, 6.45) is 4.08. The Morgan fingerprint density at radius 3 is 2.28 bits per heavy atom. The van der Waals surface area contributed by atoms with E-state index in [1.54, 1.807) is 6.26 Å². The minimum absolute atomic E-state index is 0. The maximum atomic E-state index is 15.7. The summed E-state index contributed by atoms with van der Waals surface area (Å²) in [6, 6.07) is 5.08. The van der Waals surface area contributed by atoms with Gasteiger partial charge in [0.2, 0.25) is 5.82 Å². The molecule has 3 N–H and O–H groups in total. The van der Waals surface area contributed by atoms with E-state index >= 15 is 4.39 Å². The molecule has 1 unspecified atom stereocenters. The van der Waals surface area contributed by atoms with E-state index in [2.05, 4.69) is 15.3 Å². The van der Waals surface area contributed by atoms with Gasteiger partial charge in [0.1, 0.15) is 6.33 Å². The molecule has 0 radical (unpaired) electrons. The molecule has 3 aliphatic rings. The first-order valence-electron chi connectivity index (χ1n) is 12.0. The van der Waals surface area contributed by atoms with Crippen molar-refractivity contribution in [1.29, 1.82) is 0 Å². The van der Waals surface area contributed by atoms with E-state index in [0.717, 1.165) is 63.7 Å². The summed E-state index contributed by atoms with van der Waals surface area (Å²) in [6.45, 7) is 1.79. The average Bonchev–Trinajstić information content (AvgIpc) is 3.75. The number of nitrogens with one attached hydrogen (secondary N) is 1. The number of piperidine rings is 1. The van der Waals surface area contributed by atoms with Gasteiger partial charge in [0.15, 0.2) is 11.6 Å². The minimum Gasteiger partial charge on any atom is -0.412 e. The van der Waals surface area contributed by atoms with Gasteiger partial charge in [-0.05, 0) is 62.1 Å². The lowest BCUT2D eigenvalue weighted by atomic mass is 9.88. The summed E-state index contributed by atoms with van der Waals surface area (Å²) in [5.41, 5.74) is -0.244. The SMILES string of the molecule is CS(=O)N1CCC(C2(Nc3ncnc(N(Cc4ccc(C(F)(F)F)cc4)C4CC4)c3F)CC2)CC1.O. The van der Waals surface area contributed by atoms with Crippen LogP contribution in [0.3, 0.4) is 0 Å². The zero-order valence-corrected chi connectivity index (χ0v) is 20.8. The Hall–Kier alpha value is -2.31. The van der Waals surface area contributed by atoms with Crippen LogP contribution >= 0.6 is 0 Å². The van der Waals surface area contributed by atoms with Crippen LogP contribution in [0, 0.1) is 11.7 Å². The number of anilines is 2. The van der Waals surface area contributed by atoms with E-state index in [1.807, 2.05) is 9.21 Å². The lowest BCUT2D eigenvalue weighted by molar-refractivity contribution is -0.137. The van der Waals surface area contributed by atoms with Crippen LogP contribution < -0.4 is 10.2 Å². The Balaban J connectivity index is 0.00000304. The summed E-state index contributed by atoms with van der Waals surface area (Å²) >= 11 is 0. The van der Waals surface area contributed by atoms with Crippen molar-refractivity contribution < 1.29 is 27.2 Å². The van der Waals surface area contributed by atoms with Crippen molar-refractivity contribution in [1.82, 2.24) is 14.3 Å². The summed E-state index contributed by atoms with van der Waals surface area (Å²) in [5.74, 6) is 0.181. The highest BCUT2D eigenvalue weighted by Crippen LogP contribution is 2.49. The van der Waals surface area contributed by atoms with Gasteiger partial charge in [0.05, 0.1) is 16.5 Å². The van der Waals surface area contributed by atoms with E-state index in [4.69, 9.17) is 0 Å². The van der Waals surface area contributed by atoms with Crippen molar-refractivity contribution in [3.05, 3.63) is 47.5 Å². The van der Waals surface area contributed by atoms with E-state index in [-0.39, 0.29) is 35.2 Å². The molecule has 5 rings (SSSR count). The predicted molar refractivity (Wildman–Crippen MR) is 130 cm³/mol. The Kier molecular flexibility index (Phi) is 7.59. The molecule has 2 saturated carbocycles. The van der Waals surface area contributed by atoms with Gasteiger partial charge in [-0.1, -0.05) is 12.1 Å². The van der Waals surface area contributed by atoms with Crippen LogP contribution in [0.1, 0.15) is 49.7 Å². The van der Waals surface area contributed by atoms with E-state index in [1.165, 1.54) is 18.5 Å². The topological polar surface area (TPSA) is 92.9 Å². The van der Waals surface area contributed by atoms with E-state index in [9.17, 15) is 17.4 Å². The molecule has 1 saturated heterocycles. The fourth-order valence-electron chi connectivity index (χ4n) is 5.08. The molecule has 36 heavy (non-hydrogen) atoms. The second-order valence-corrected chi connectivity index (χ2v) is 11.2. The number of alkyl halides is 3. The Morgan fingerprint density at radius 2 is 1.75 bits per heavy atom.